The third-order valence-electron chi connectivity index (χ3n) is 2.09. The van der Waals surface area contributed by atoms with Crippen LogP contribution < -0.4 is 10.2 Å². The van der Waals surface area contributed by atoms with E-state index in [4.69, 9.17) is 11.6 Å². The van der Waals surface area contributed by atoms with E-state index < -0.39 is 0 Å². The summed E-state index contributed by atoms with van der Waals surface area (Å²) in [6, 6.07) is 0. The van der Waals surface area contributed by atoms with E-state index in [2.05, 4.69) is 22.2 Å². The Morgan fingerprint density at radius 2 is 2.07 bits per heavy atom. The number of anilines is 1. The lowest BCUT2D eigenvalue weighted by molar-refractivity contribution is 0.539. The van der Waals surface area contributed by atoms with E-state index in [1.54, 1.807) is 12.4 Å². The molecule has 0 amide bonds. The smallest absolute Gasteiger partial charge is 0.225 e. The minimum atomic E-state index is 0.555. The molecule has 1 aromatic rings. The number of aromatic nitrogens is 2. The van der Waals surface area contributed by atoms with Crippen molar-refractivity contribution < 1.29 is 0 Å². The highest BCUT2D eigenvalue weighted by Crippen LogP contribution is 2.10. The second-order valence-corrected chi connectivity index (χ2v) is 4.18. The zero-order valence-corrected chi connectivity index (χ0v) is 10.1. The molecule has 0 radical (unpaired) electrons. The van der Waals surface area contributed by atoms with Crippen molar-refractivity contribution in [1.82, 2.24) is 15.3 Å². The molecule has 1 atom stereocenters. The Hall–Kier alpha value is -0.870. The molecule has 5 heteroatoms. The summed E-state index contributed by atoms with van der Waals surface area (Å²) >= 11 is 5.72. The Morgan fingerprint density at radius 3 is 2.60 bits per heavy atom. The van der Waals surface area contributed by atoms with Gasteiger partial charge in [0.2, 0.25) is 5.95 Å². The molecule has 1 aromatic heterocycles. The Morgan fingerprint density at radius 1 is 1.47 bits per heavy atom. The van der Waals surface area contributed by atoms with Crippen LogP contribution in [-0.4, -0.2) is 37.2 Å². The van der Waals surface area contributed by atoms with Crippen LogP contribution in [0.2, 0.25) is 5.02 Å². The van der Waals surface area contributed by atoms with Gasteiger partial charge in [0.05, 0.1) is 17.4 Å². The molecule has 4 nitrogen and oxygen atoms in total. The van der Waals surface area contributed by atoms with Gasteiger partial charge in [-0.1, -0.05) is 18.5 Å². The molecule has 15 heavy (non-hydrogen) atoms. The van der Waals surface area contributed by atoms with E-state index in [0.29, 0.717) is 16.9 Å². The first-order chi connectivity index (χ1) is 7.13. The number of nitrogens with one attached hydrogen (secondary N) is 1. The molecule has 0 aromatic carbocycles. The van der Waals surface area contributed by atoms with E-state index in [-0.39, 0.29) is 0 Å². The lowest BCUT2D eigenvalue weighted by Crippen LogP contribution is -2.30. The topological polar surface area (TPSA) is 41.0 Å². The summed E-state index contributed by atoms with van der Waals surface area (Å²) in [5.41, 5.74) is 0. The van der Waals surface area contributed by atoms with Crippen molar-refractivity contribution in [2.45, 2.75) is 6.92 Å². The van der Waals surface area contributed by atoms with Gasteiger partial charge in [-0.25, -0.2) is 9.97 Å². The fourth-order valence-corrected chi connectivity index (χ4v) is 1.56. The van der Waals surface area contributed by atoms with Gasteiger partial charge in [-0.15, -0.1) is 0 Å². The van der Waals surface area contributed by atoms with Gasteiger partial charge in [-0.2, -0.15) is 0 Å². The van der Waals surface area contributed by atoms with E-state index in [0.717, 1.165) is 13.1 Å². The quantitative estimate of drug-likeness (QED) is 0.828. The molecule has 0 aliphatic carbocycles. The minimum absolute atomic E-state index is 0.555. The first kappa shape index (κ1) is 12.2. The fourth-order valence-electron chi connectivity index (χ4n) is 1.46. The second kappa shape index (κ2) is 5.88. The Bertz CT molecular complexity index is 288. The van der Waals surface area contributed by atoms with Crippen molar-refractivity contribution in [3.8, 4) is 0 Å². The highest BCUT2D eigenvalue weighted by atomic mass is 35.5. The second-order valence-electron chi connectivity index (χ2n) is 3.74. The van der Waals surface area contributed by atoms with Gasteiger partial charge < -0.3 is 10.2 Å². The summed E-state index contributed by atoms with van der Waals surface area (Å²) in [4.78, 5) is 10.3. The van der Waals surface area contributed by atoms with Crippen molar-refractivity contribution in [2.24, 2.45) is 5.92 Å². The highest BCUT2D eigenvalue weighted by Gasteiger charge is 2.08. The number of halogens is 1. The first-order valence-electron chi connectivity index (χ1n) is 4.96. The average molecular weight is 229 g/mol. The maximum absolute atomic E-state index is 5.72. The monoisotopic (exact) mass is 228 g/mol. The summed E-state index contributed by atoms with van der Waals surface area (Å²) < 4.78 is 0. The normalized spacial score (nSPS) is 12.5. The van der Waals surface area contributed by atoms with Crippen LogP contribution in [0.3, 0.4) is 0 Å². The molecule has 0 aliphatic heterocycles. The molecule has 0 saturated carbocycles. The van der Waals surface area contributed by atoms with Crippen LogP contribution in [0, 0.1) is 5.92 Å². The van der Waals surface area contributed by atoms with Gasteiger partial charge in [0, 0.05) is 13.6 Å². The van der Waals surface area contributed by atoms with Crippen molar-refractivity contribution in [2.75, 3.05) is 32.1 Å². The van der Waals surface area contributed by atoms with Crippen molar-refractivity contribution >= 4 is 17.5 Å². The summed E-state index contributed by atoms with van der Waals surface area (Å²) in [7, 11) is 3.94. The Balaban J connectivity index is 2.53. The zero-order chi connectivity index (χ0) is 11.3. The van der Waals surface area contributed by atoms with Crippen LogP contribution in [0.5, 0.6) is 0 Å². The van der Waals surface area contributed by atoms with Gasteiger partial charge in [0.25, 0.3) is 0 Å². The molecular weight excluding hydrogens is 212 g/mol. The highest BCUT2D eigenvalue weighted by molar-refractivity contribution is 6.30. The molecule has 0 bridgehead atoms. The van der Waals surface area contributed by atoms with Crippen LogP contribution in [0.4, 0.5) is 5.95 Å². The molecule has 0 fully saturated rings. The maximum atomic E-state index is 5.72. The SMILES string of the molecule is CNCC(C)CN(C)c1ncc(Cl)cn1. The number of rotatable bonds is 5. The van der Waals surface area contributed by atoms with Gasteiger partial charge in [0.1, 0.15) is 0 Å². The first-order valence-corrected chi connectivity index (χ1v) is 5.34. The lowest BCUT2D eigenvalue weighted by Gasteiger charge is -2.21. The van der Waals surface area contributed by atoms with Crippen molar-refractivity contribution in [1.29, 1.82) is 0 Å². The standard InChI is InChI=1S/C10H17ClN4/c1-8(4-12-2)7-15(3)10-13-5-9(11)6-14-10/h5-6,8,12H,4,7H2,1-3H3. The van der Waals surface area contributed by atoms with Crippen LogP contribution in [-0.2, 0) is 0 Å². The van der Waals surface area contributed by atoms with Gasteiger partial charge in [0.15, 0.2) is 0 Å². The largest absolute Gasteiger partial charge is 0.344 e. The van der Waals surface area contributed by atoms with E-state index in [1.165, 1.54) is 0 Å². The number of nitrogens with zero attached hydrogens (tertiary/aromatic N) is 3. The predicted molar refractivity (Wildman–Crippen MR) is 63.4 cm³/mol. The van der Waals surface area contributed by atoms with Crippen molar-refractivity contribution in [3.05, 3.63) is 17.4 Å². The summed E-state index contributed by atoms with van der Waals surface area (Å²) in [5.74, 6) is 1.27. The summed E-state index contributed by atoms with van der Waals surface area (Å²) in [5, 5.41) is 3.71. The van der Waals surface area contributed by atoms with Crippen molar-refractivity contribution in [3.63, 3.8) is 0 Å². The molecule has 84 valence electrons. The molecule has 0 saturated heterocycles. The molecule has 1 rings (SSSR count). The van der Waals surface area contributed by atoms with Gasteiger partial charge >= 0.3 is 0 Å². The van der Waals surface area contributed by atoms with Crippen LogP contribution in [0.25, 0.3) is 0 Å². The average Bonchev–Trinajstić information content (AvgIpc) is 2.18. The Labute approximate surface area is 95.7 Å². The third kappa shape index (κ3) is 4.01. The molecule has 1 N–H and O–H groups in total. The summed E-state index contributed by atoms with van der Waals surface area (Å²) in [6.45, 7) is 4.09. The molecule has 1 heterocycles. The molecule has 1 unspecified atom stereocenters. The zero-order valence-electron chi connectivity index (χ0n) is 9.37. The van der Waals surface area contributed by atoms with E-state index in [1.807, 2.05) is 19.0 Å². The Kier molecular flexibility index (Phi) is 4.78. The maximum Gasteiger partial charge on any atom is 0.225 e. The summed E-state index contributed by atoms with van der Waals surface area (Å²) in [6.07, 6.45) is 3.23. The fraction of sp³-hybridized carbons (Fsp3) is 0.600. The van der Waals surface area contributed by atoms with E-state index in [9.17, 15) is 0 Å². The molecular formula is C10H17ClN4. The van der Waals surface area contributed by atoms with Gasteiger partial charge in [-0.05, 0) is 19.5 Å². The number of hydrogen-bond donors (Lipinski definition) is 1. The third-order valence-corrected chi connectivity index (χ3v) is 2.28. The number of hydrogen-bond acceptors (Lipinski definition) is 4. The van der Waals surface area contributed by atoms with E-state index >= 15 is 0 Å². The predicted octanol–water partition coefficient (Wildman–Crippen LogP) is 1.42. The van der Waals surface area contributed by atoms with Gasteiger partial charge in [-0.3, -0.25) is 0 Å². The minimum Gasteiger partial charge on any atom is -0.344 e. The lowest BCUT2D eigenvalue weighted by atomic mass is 10.2. The molecule has 0 aliphatic rings. The van der Waals surface area contributed by atoms with Crippen LogP contribution in [0.15, 0.2) is 12.4 Å². The van der Waals surface area contributed by atoms with Crippen LogP contribution in [0.1, 0.15) is 6.92 Å². The molecule has 0 spiro atoms. The van der Waals surface area contributed by atoms with Crippen LogP contribution >= 0.6 is 11.6 Å².